The quantitative estimate of drug-likeness (QED) is 0.226. The molecule has 4 N–H and O–H groups in total. The fourth-order valence-electron chi connectivity index (χ4n) is 3.34. The van der Waals surface area contributed by atoms with Gasteiger partial charge < -0.3 is 21.2 Å². The lowest BCUT2D eigenvalue weighted by Crippen LogP contribution is -2.61. The monoisotopic (exact) mass is 296 g/mol. The van der Waals surface area contributed by atoms with Gasteiger partial charge in [0.1, 0.15) is 11.5 Å². The number of amides is 2. The zero-order chi connectivity index (χ0) is 15.5. The maximum Gasteiger partial charge on any atom is 0.242 e. The highest BCUT2D eigenvalue weighted by molar-refractivity contribution is 6.07. The number of hydrogen-bond acceptors (Lipinski definition) is 4. The average Bonchev–Trinajstić information content (AvgIpc) is 2.75. The van der Waals surface area contributed by atoms with Gasteiger partial charge in [0, 0.05) is 13.1 Å². The van der Waals surface area contributed by atoms with Crippen molar-refractivity contribution in [2.24, 2.45) is 16.3 Å². The van der Waals surface area contributed by atoms with Gasteiger partial charge in [-0.25, -0.2) is 0 Å². The van der Waals surface area contributed by atoms with Gasteiger partial charge in [0.15, 0.2) is 5.84 Å². The number of rotatable bonds is 2. The molecule has 2 fully saturated rings. The molecule has 0 aromatic heterocycles. The summed E-state index contributed by atoms with van der Waals surface area (Å²) in [7, 11) is 0. The van der Waals surface area contributed by atoms with Gasteiger partial charge in [0.2, 0.25) is 11.8 Å². The number of nitrogens with one attached hydrogen (secondary N) is 1. The normalized spacial score (nSPS) is 26.9. The van der Waals surface area contributed by atoms with Gasteiger partial charge in [-0.3, -0.25) is 9.59 Å². The van der Waals surface area contributed by atoms with E-state index in [9.17, 15) is 9.59 Å². The Hall–Kier alpha value is -1.79. The predicted molar refractivity (Wildman–Crippen MR) is 77.7 cm³/mol. The van der Waals surface area contributed by atoms with Crippen molar-refractivity contribution in [2.45, 2.75) is 51.5 Å². The van der Waals surface area contributed by atoms with Crippen molar-refractivity contribution in [3.05, 3.63) is 0 Å². The summed E-state index contributed by atoms with van der Waals surface area (Å²) < 4.78 is 0. The summed E-state index contributed by atoms with van der Waals surface area (Å²) in [6, 6.07) is -0.516. The summed E-state index contributed by atoms with van der Waals surface area (Å²) >= 11 is 0. The second kappa shape index (κ2) is 6.32. The van der Waals surface area contributed by atoms with Gasteiger partial charge in [-0.05, 0) is 19.8 Å². The molecule has 21 heavy (non-hydrogen) atoms. The number of hydrogen-bond donors (Lipinski definition) is 3. The molecule has 1 atom stereocenters. The Balaban J connectivity index is 2.31. The summed E-state index contributed by atoms with van der Waals surface area (Å²) in [5.74, 6) is -0.354. The first-order valence-electron chi connectivity index (χ1n) is 7.60. The molecule has 0 spiro atoms. The highest BCUT2D eigenvalue weighted by atomic mass is 16.4. The van der Waals surface area contributed by atoms with Crippen LogP contribution in [0.15, 0.2) is 5.16 Å². The molecule has 2 amide bonds. The van der Waals surface area contributed by atoms with Crippen LogP contribution in [-0.2, 0) is 9.59 Å². The van der Waals surface area contributed by atoms with E-state index in [1.807, 2.05) is 0 Å². The molecular weight excluding hydrogens is 272 g/mol. The third-order valence-corrected chi connectivity index (χ3v) is 4.72. The minimum atomic E-state index is -0.961. The van der Waals surface area contributed by atoms with Crippen molar-refractivity contribution in [1.29, 1.82) is 0 Å². The van der Waals surface area contributed by atoms with Gasteiger partial charge in [-0.1, -0.05) is 30.8 Å². The van der Waals surface area contributed by atoms with Crippen LogP contribution in [0.25, 0.3) is 0 Å². The van der Waals surface area contributed by atoms with Crippen molar-refractivity contribution >= 4 is 17.6 Å². The molecule has 0 aromatic carbocycles. The zero-order valence-corrected chi connectivity index (χ0v) is 12.5. The maximum atomic E-state index is 13.1. The lowest BCUT2D eigenvalue weighted by Gasteiger charge is -2.40. The van der Waals surface area contributed by atoms with Crippen LogP contribution < -0.4 is 11.1 Å². The molecule has 1 saturated carbocycles. The number of oxime groups is 1. The van der Waals surface area contributed by atoms with E-state index in [2.05, 4.69) is 10.5 Å². The fraction of sp³-hybridized carbons (Fsp3) is 0.786. The standard InChI is InChI=1S/C14H24N4O3/c1-10-11(19)16-8-9-18(10)13(20)14(12(15)17-21)6-4-2-3-5-7-14/h10,21H,2-9H2,1H3,(H2,15,17)(H,16,19). The van der Waals surface area contributed by atoms with E-state index in [1.165, 1.54) is 0 Å². The van der Waals surface area contributed by atoms with E-state index in [-0.39, 0.29) is 17.6 Å². The van der Waals surface area contributed by atoms with Crippen molar-refractivity contribution in [3.63, 3.8) is 0 Å². The Morgan fingerprint density at radius 1 is 1.38 bits per heavy atom. The number of carbonyl (C=O) groups is 2. The van der Waals surface area contributed by atoms with Crippen LogP contribution in [0.1, 0.15) is 45.4 Å². The fourth-order valence-corrected chi connectivity index (χ4v) is 3.34. The molecule has 0 bridgehead atoms. The van der Waals surface area contributed by atoms with Crippen LogP contribution in [0.3, 0.4) is 0 Å². The molecule has 1 saturated heterocycles. The van der Waals surface area contributed by atoms with Gasteiger partial charge in [-0.15, -0.1) is 0 Å². The third-order valence-electron chi connectivity index (χ3n) is 4.72. The van der Waals surface area contributed by atoms with E-state index in [0.29, 0.717) is 25.9 Å². The van der Waals surface area contributed by atoms with E-state index in [0.717, 1.165) is 25.7 Å². The predicted octanol–water partition coefficient (Wildman–Crippen LogP) is 0.420. The molecule has 2 aliphatic rings. The number of carbonyl (C=O) groups excluding carboxylic acids is 2. The summed E-state index contributed by atoms with van der Waals surface area (Å²) in [5.41, 5.74) is 4.93. The minimum absolute atomic E-state index is 0.0208. The Kier molecular flexibility index (Phi) is 4.69. The van der Waals surface area contributed by atoms with Gasteiger partial charge in [0.25, 0.3) is 0 Å². The van der Waals surface area contributed by atoms with Crippen molar-refractivity contribution in [1.82, 2.24) is 10.2 Å². The van der Waals surface area contributed by atoms with Crippen molar-refractivity contribution < 1.29 is 14.8 Å². The number of nitrogens with zero attached hydrogens (tertiary/aromatic N) is 2. The summed E-state index contributed by atoms with van der Waals surface area (Å²) in [6.07, 6.45) is 4.99. The Morgan fingerprint density at radius 3 is 2.57 bits per heavy atom. The molecule has 118 valence electrons. The molecule has 1 aliphatic heterocycles. The summed E-state index contributed by atoms with van der Waals surface area (Å²) in [6.45, 7) is 2.62. The first kappa shape index (κ1) is 15.6. The van der Waals surface area contributed by atoms with Crippen LogP contribution in [0, 0.1) is 5.41 Å². The van der Waals surface area contributed by atoms with Crippen LogP contribution in [-0.4, -0.2) is 46.9 Å². The van der Waals surface area contributed by atoms with Crippen molar-refractivity contribution in [2.75, 3.05) is 13.1 Å². The molecule has 1 heterocycles. The third kappa shape index (κ3) is 2.82. The number of amidine groups is 1. The Labute approximate surface area is 124 Å². The summed E-state index contributed by atoms with van der Waals surface area (Å²) in [5, 5.41) is 15.0. The second-order valence-corrected chi connectivity index (χ2v) is 5.95. The molecule has 2 rings (SSSR count). The topological polar surface area (TPSA) is 108 Å². The summed E-state index contributed by atoms with van der Waals surface area (Å²) in [4.78, 5) is 26.4. The highest BCUT2D eigenvalue weighted by Crippen LogP contribution is 2.37. The SMILES string of the molecule is CC1C(=O)NCCN1C(=O)C1(C(N)=NO)CCCCCC1. The average molecular weight is 296 g/mol. The van der Waals surface area contributed by atoms with E-state index < -0.39 is 11.5 Å². The largest absolute Gasteiger partial charge is 0.409 e. The lowest BCUT2D eigenvalue weighted by molar-refractivity contribution is -0.148. The van der Waals surface area contributed by atoms with Gasteiger partial charge >= 0.3 is 0 Å². The molecule has 0 aromatic rings. The Morgan fingerprint density at radius 2 is 2.00 bits per heavy atom. The van der Waals surface area contributed by atoms with E-state index >= 15 is 0 Å². The smallest absolute Gasteiger partial charge is 0.242 e. The first-order valence-corrected chi connectivity index (χ1v) is 7.60. The molecular formula is C14H24N4O3. The zero-order valence-electron chi connectivity index (χ0n) is 12.5. The molecule has 0 radical (unpaired) electrons. The lowest BCUT2D eigenvalue weighted by atomic mass is 9.77. The van der Waals surface area contributed by atoms with Crippen LogP contribution >= 0.6 is 0 Å². The molecule has 7 nitrogen and oxygen atoms in total. The molecule has 1 unspecified atom stereocenters. The number of piperazine rings is 1. The minimum Gasteiger partial charge on any atom is -0.409 e. The van der Waals surface area contributed by atoms with Gasteiger partial charge in [-0.2, -0.15) is 0 Å². The van der Waals surface area contributed by atoms with Gasteiger partial charge in [0.05, 0.1) is 0 Å². The van der Waals surface area contributed by atoms with E-state index in [4.69, 9.17) is 10.9 Å². The maximum absolute atomic E-state index is 13.1. The highest BCUT2D eigenvalue weighted by Gasteiger charge is 2.47. The Bertz CT molecular complexity index is 442. The van der Waals surface area contributed by atoms with Crippen LogP contribution in [0.2, 0.25) is 0 Å². The van der Waals surface area contributed by atoms with Crippen molar-refractivity contribution in [3.8, 4) is 0 Å². The van der Waals surface area contributed by atoms with E-state index in [1.54, 1.807) is 11.8 Å². The molecule has 7 heteroatoms. The van der Waals surface area contributed by atoms with Crippen LogP contribution in [0.4, 0.5) is 0 Å². The second-order valence-electron chi connectivity index (χ2n) is 5.95. The number of nitrogens with two attached hydrogens (primary N) is 1. The van der Waals surface area contributed by atoms with Crippen LogP contribution in [0.5, 0.6) is 0 Å². The molecule has 1 aliphatic carbocycles. The first-order chi connectivity index (χ1) is 10.0.